The van der Waals surface area contributed by atoms with Crippen molar-refractivity contribution in [1.82, 2.24) is 4.98 Å². The molecule has 0 aliphatic heterocycles. The molecule has 23 heavy (non-hydrogen) atoms. The Morgan fingerprint density at radius 2 is 1.83 bits per heavy atom. The van der Waals surface area contributed by atoms with Gasteiger partial charge < -0.3 is 5.32 Å². The van der Waals surface area contributed by atoms with E-state index >= 15 is 0 Å². The number of halogens is 4. The van der Waals surface area contributed by atoms with E-state index in [0.717, 1.165) is 11.6 Å². The summed E-state index contributed by atoms with van der Waals surface area (Å²) in [6, 6.07) is 11.6. The summed E-state index contributed by atoms with van der Waals surface area (Å²) in [6.07, 6.45) is -4.44. The van der Waals surface area contributed by atoms with Crippen LogP contribution in [0.1, 0.15) is 5.56 Å². The minimum absolute atomic E-state index is 0.274. The van der Waals surface area contributed by atoms with Gasteiger partial charge in [-0.2, -0.15) is 13.2 Å². The number of rotatable bonds is 3. The maximum atomic E-state index is 12.9. The molecule has 1 radical (unpaired) electrons. The molecule has 1 N–H and O–H groups in total. The first kappa shape index (κ1) is 15.5. The highest BCUT2D eigenvalue weighted by molar-refractivity contribution is 7.14. The van der Waals surface area contributed by atoms with Gasteiger partial charge in [-0.1, -0.05) is 6.07 Å². The van der Waals surface area contributed by atoms with E-state index in [2.05, 4.69) is 16.4 Å². The molecule has 0 fully saturated rings. The molecule has 0 saturated heterocycles. The van der Waals surface area contributed by atoms with Gasteiger partial charge >= 0.3 is 6.18 Å². The minimum Gasteiger partial charge on any atom is -0.332 e. The van der Waals surface area contributed by atoms with Crippen molar-refractivity contribution in [2.24, 2.45) is 0 Å². The van der Waals surface area contributed by atoms with Crippen molar-refractivity contribution in [3.8, 4) is 11.3 Å². The van der Waals surface area contributed by atoms with Crippen molar-refractivity contribution < 1.29 is 17.6 Å². The topological polar surface area (TPSA) is 24.9 Å². The first-order valence-electron chi connectivity index (χ1n) is 6.49. The van der Waals surface area contributed by atoms with Crippen LogP contribution < -0.4 is 5.32 Å². The number of thiazole rings is 1. The molecule has 117 valence electrons. The lowest BCUT2D eigenvalue weighted by atomic mass is 10.2. The molecule has 0 unspecified atom stereocenters. The van der Waals surface area contributed by atoms with Crippen LogP contribution in [-0.2, 0) is 6.18 Å². The first-order valence-corrected chi connectivity index (χ1v) is 7.37. The van der Waals surface area contributed by atoms with Gasteiger partial charge in [-0.3, -0.25) is 0 Å². The van der Waals surface area contributed by atoms with Crippen LogP contribution in [0.3, 0.4) is 0 Å². The van der Waals surface area contributed by atoms with Crippen LogP contribution in [0.5, 0.6) is 0 Å². The average Bonchev–Trinajstić information content (AvgIpc) is 2.96. The van der Waals surface area contributed by atoms with Crippen molar-refractivity contribution in [3.05, 3.63) is 65.3 Å². The fourth-order valence-electron chi connectivity index (χ4n) is 1.92. The van der Waals surface area contributed by atoms with Gasteiger partial charge in [0.2, 0.25) is 0 Å². The molecule has 0 spiro atoms. The van der Waals surface area contributed by atoms with Crippen LogP contribution >= 0.6 is 11.3 Å². The second-order valence-corrected chi connectivity index (χ2v) is 5.52. The Balaban J connectivity index is 1.81. The highest BCUT2D eigenvalue weighted by atomic mass is 32.1. The number of nitrogens with one attached hydrogen (secondary N) is 1. The molecule has 7 heteroatoms. The number of benzene rings is 2. The highest BCUT2D eigenvalue weighted by Gasteiger charge is 2.30. The van der Waals surface area contributed by atoms with E-state index in [1.807, 2.05) is 0 Å². The van der Waals surface area contributed by atoms with Gasteiger partial charge in [0.1, 0.15) is 5.82 Å². The molecular weight excluding hydrogens is 328 g/mol. The monoisotopic (exact) mass is 337 g/mol. The van der Waals surface area contributed by atoms with Crippen LogP contribution in [0.2, 0.25) is 0 Å². The third-order valence-electron chi connectivity index (χ3n) is 3.00. The third-order valence-corrected chi connectivity index (χ3v) is 3.76. The summed E-state index contributed by atoms with van der Waals surface area (Å²) in [5, 5.41) is 5.02. The third kappa shape index (κ3) is 3.68. The van der Waals surface area contributed by atoms with Crippen molar-refractivity contribution in [2.75, 3.05) is 5.32 Å². The average molecular weight is 337 g/mol. The Kier molecular flexibility index (Phi) is 4.04. The second kappa shape index (κ2) is 6.00. The zero-order valence-corrected chi connectivity index (χ0v) is 12.3. The molecule has 0 atom stereocenters. The summed E-state index contributed by atoms with van der Waals surface area (Å²) in [5.74, 6) is -0.345. The molecule has 3 aromatic rings. The lowest BCUT2D eigenvalue weighted by Crippen LogP contribution is -2.05. The Morgan fingerprint density at radius 1 is 1.09 bits per heavy atom. The molecule has 0 aliphatic carbocycles. The molecule has 2 aromatic carbocycles. The summed E-state index contributed by atoms with van der Waals surface area (Å²) >= 11 is 1.25. The normalized spacial score (nSPS) is 11.5. The zero-order valence-electron chi connectivity index (χ0n) is 11.5. The number of nitrogens with zero attached hydrogens (tertiary/aromatic N) is 1. The lowest BCUT2D eigenvalue weighted by Gasteiger charge is -2.08. The van der Waals surface area contributed by atoms with E-state index in [9.17, 15) is 17.6 Å². The largest absolute Gasteiger partial charge is 0.417 e. The Labute approximate surface area is 133 Å². The first-order chi connectivity index (χ1) is 10.9. The molecule has 2 nitrogen and oxygen atoms in total. The van der Waals surface area contributed by atoms with Gasteiger partial charge in [0.05, 0.1) is 11.3 Å². The zero-order chi connectivity index (χ0) is 16.4. The fourth-order valence-corrected chi connectivity index (χ4v) is 2.66. The molecule has 1 aromatic heterocycles. The smallest absolute Gasteiger partial charge is 0.332 e. The number of anilines is 2. The molecule has 1 heterocycles. The van der Waals surface area contributed by atoms with E-state index in [0.29, 0.717) is 10.8 Å². The quantitative estimate of drug-likeness (QED) is 0.637. The van der Waals surface area contributed by atoms with E-state index in [1.54, 1.807) is 17.5 Å². The summed E-state index contributed by atoms with van der Waals surface area (Å²) in [5.41, 5.74) is 0.776. The van der Waals surface area contributed by atoms with Crippen LogP contribution in [-0.4, -0.2) is 4.98 Å². The standard InChI is InChI=1S/C16H9F4N2S/c17-12-6-4-10(5-7-12)14-9-23-15(22-14)21-13-3-1-2-11(8-13)16(18,19)20/h1,3-9H,(H,21,22). The van der Waals surface area contributed by atoms with Crippen LogP contribution in [0.25, 0.3) is 11.3 Å². The highest BCUT2D eigenvalue weighted by Crippen LogP contribution is 2.32. The van der Waals surface area contributed by atoms with E-state index < -0.39 is 11.7 Å². The fraction of sp³-hybridized carbons (Fsp3) is 0.0625. The van der Waals surface area contributed by atoms with Crippen molar-refractivity contribution in [3.63, 3.8) is 0 Å². The number of aromatic nitrogens is 1. The van der Waals surface area contributed by atoms with E-state index in [4.69, 9.17) is 0 Å². The number of hydrogen-bond acceptors (Lipinski definition) is 3. The predicted octanol–water partition coefficient (Wildman–Crippen LogP) is 5.51. The molecule has 0 bridgehead atoms. The lowest BCUT2D eigenvalue weighted by molar-refractivity contribution is -0.137. The van der Waals surface area contributed by atoms with Crippen LogP contribution in [0, 0.1) is 11.9 Å². The van der Waals surface area contributed by atoms with Gasteiger partial charge in [-0.25, -0.2) is 9.37 Å². The second-order valence-electron chi connectivity index (χ2n) is 4.66. The number of alkyl halides is 3. The van der Waals surface area contributed by atoms with Crippen LogP contribution in [0.15, 0.2) is 47.8 Å². The van der Waals surface area contributed by atoms with Crippen molar-refractivity contribution in [2.45, 2.75) is 6.18 Å². The van der Waals surface area contributed by atoms with Gasteiger partial charge in [0, 0.05) is 16.6 Å². The maximum absolute atomic E-state index is 12.9. The summed E-state index contributed by atoms with van der Waals surface area (Å²) < 4.78 is 50.9. The Morgan fingerprint density at radius 3 is 2.52 bits per heavy atom. The predicted molar refractivity (Wildman–Crippen MR) is 81.1 cm³/mol. The summed E-state index contributed by atoms with van der Waals surface area (Å²) in [7, 11) is 0. The van der Waals surface area contributed by atoms with Gasteiger partial charge in [-0.15, -0.1) is 11.3 Å². The van der Waals surface area contributed by atoms with Gasteiger partial charge in [0.15, 0.2) is 5.13 Å². The van der Waals surface area contributed by atoms with Crippen molar-refractivity contribution in [1.29, 1.82) is 0 Å². The van der Waals surface area contributed by atoms with Gasteiger partial charge in [-0.05, 0) is 42.5 Å². The summed E-state index contributed by atoms with van der Waals surface area (Å²) in [4.78, 5) is 4.29. The SMILES string of the molecule is Fc1ccc(-c2csc(Nc3cc[c]c(C(F)(F)F)c3)n2)cc1. The van der Waals surface area contributed by atoms with Crippen LogP contribution in [0.4, 0.5) is 28.4 Å². The van der Waals surface area contributed by atoms with E-state index in [-0.39, 0.29) is 11.5 Å². The molecule has 0 saturated carbocycles. The molecular formula is C16H9F4N2S. The Bertz CT molecular complexity index is 809. The summed E-state index contributed by atoms with van der Waals surface area (Å²) in [6.45, 7) is 0. The Hall–Kier alpha value is -2.41. The van der Waals surface area contributed by atoms with Gasteiger partial charge in [0.25, 0.3) is 0 Å². The molecule has 3 rings (SSSR count). The molecule has 0 amide bonds. The molecule has 0 aliphatic rings. The van der Waals surface area contributed by atoms with E-state index in [1.165, 1.54) is 35.6 Å². The number of hydrogen-bond donors (Lipinski definition) is 1. The maximum Gasteiger partial charge on any atom is 0.417 e. The van der Waals surface area contributed by atoms with Crippen molar-refractivity contribution >= 4 is 22.2 Å². The minimum atomic E-state index is -4.44.